The number of aliphatic hydroxyl groups is 1. The van der Waals surface area contributed by atoms with Crippen LogP contribution in [0, 0.1) is 0 Å². The van der Waals surface area contributed by atoms with E-state index in [0.717, 1.165) is 18.7 Å². The smallest absolute Gasteiger partial charge is 0.0698 e. The first-order valence-corrected chi connectivity index (χ1v) is 5.83. The first-order chi connectivity index (χ1) is 7.74. The van der Waals surface area contributed by atoms with Crippen molar-refractivity contribution in [2.24, 2.45) is 0 Å². The Balaban J connectivity index is 2.19. The lowest BCUT2D eigenvalue weighted by atomic mass is 10.2. The minimum Gasteiger partial charge on any atom is -0.394 e. The Morgan fingerprint density at radius 1 is 1.19 bits per heavy atom. The van der Waals surface area contributed by atoms with Gasteiger partial charge in [0.25, 0.3) is 0 Å². The number of hydrogen-bond acceptors (Lipinski definition) is 3. The van der Waals surface area contributed by atoms with Crippen LogP contribution in [0.1, 0.15) is 5.56 Å². The van der Waals surface area contributed by atoms with Crippen molar-refractivity contribution < 1.29 is 9.84 Å². The molecule has 0 fully saturated rings. The molecule has 1 aromatic rings. The van der Waals surface area contributed by atoms with Gasteiger partial charge in [-0.05, 0) is 17.7 Å². The predicted molar refractivity (Wildman–Crippen MR) is 66.1 cm³/mol. The van der Waals surface area contributed by atoms with E-state index in [0.29, 0.717) is 23.3 Å². The molecule has 16 heavy (non-hydrogen) atoms. The van der Waals surface area contributed by atoms with Crippen LogP contribution >= 0.6 is 23.2 Å². The molecule has 0 spiro atoms. The van der Waals surface area contributed by atoms with E-state index < -0.39 is 0 Å². The molecule has 0 saturated carbocycles. The Bertz CT molecular complexity index is 321. The van der Waals surface area contributed by atoms with Crippen LogP contribution in [0.2, 0.25) is 10.0 Å². The Morgan fingerprint density at radius 2 is 2.00 bits per heavy atom. The highest BCUT2D eigenvalue weighted by molar-refractivity contribution is 6.42. The maximum Gasteiger partial charge on any atom is 0.0698 e. The van der Waals surface area contributed by atoms with Crippen LogP contribution in [0.4, 0.5) is 0 Å². The van der Waals surface area contributed by atoms with Crippen molar-refractivity contribution in [3.05, 3.63) is 33.8 Å². The SMILES string of the molecule is OCCOCCNCc1ccc(Cl)c(Cl)c1. The molecule has 0 aliphatic carbocycles. The van der Waals surface area contributed by atoms with Gasteiger partial charge in [0, 0.05) is 13.1 Å². The summed E-state index contributed by atoms with van der Waals surface area (Å²) in [5.41, 5.74) is 1.08. The number of rotatable bonds is 7. The van der Waals surface area contributed by atoms with Crippen LogP contribution in [0.15, 0.2) is 18.2 Å². The second-order valence-corrected chi connectivity index (χ2v) is 4.08. The minimum atomic E-state index is 0.0623. The zero-order valence-corrected chi connectivity index (χ0v) is 10.4. The largest absolute Gasteiger partial charge is 0.394 e. The topological polar surface area (TPSA) is 41.5 Å². The molecule has 0 heterocycles. The van der Waals surface area contributed by atoms with Crippen molar-refractivity contribution in [2.45, 2.75) is 6.54 Å². The van der Waals surface area contributed by atoms with E-state index in [1.54, 1.807) is 6.07 Å². The van der Waals surface area contributed by atoms with Gasteiger partial charge in [-0.1, -0.05) is 29.3 Å². The Kier molecular flexibility index (Phi) is 6.76. The number of nitrogens with one attached hydrogen (secondary N) is 1. The van der Waals surface area contributed by atoms with Crippen molar-refractivity contribution in [1.29, 1.82) is 0 Å². The second kappa shape index (κ2) is 7.87. The highest BCUT2D eigenvalue weighted by atomic mass is 35.5. The predicted octanol–water partition coefficient (Wildman–Crippen LogP) is 2.09. The van der Waals surface area contributed by atoms with Gasteiger partial charge in [0.05, 0.1) is 29.9 Å². The molecule has 0 radical (unpaired) electrons. The van der Waals surface area contributed by atoms with E-state index in [1.165, 1.54) is 0 Å². The van der Waals surface area contributed by atoms with E-state index in [1.807, 2.05) is 12.1 Å². The minimum absolute atomic E-state index is 0.0623. The van der Waals surface area contributed by atoms with Crippen LogP contribution in [0.25, 0.3) is 0 Å². The van der Waals surface area contributed by atoms with Crippen LogP contribution in [-0.2, 0) is 11.3 Å². The molecular weight excluding hydrogens is 249 g/mol. The van der Waals surface area contributed by atoms with Gasteiger partial charge in [0.2, 0.25) is 0 Å². The molecule has 5 heteroatoms. The first kappa shape index (κ1) is 13.7. The molecule has 0 aliphatic rings. The average Bonchev–Trinajstić information content (AvgIpc) is 2.28. The molecular formula is C11H15Cl2NO2. The summed E-state index contributed by atoms with van der Waals surface area (Å²) in [6.07, 6.45) is 0. The third-order valence-electron chi connectivity index (χ3n) is 1.97. The summed E-state index contributed by atoms with van der Waals surface area (Å²) < 4.78 is 5.10. The van der Waals surface area contributed by atoms with Crippen molar-refractivity contribution in [1.82, 2.24) is 5.32 Å². The lowest BCUT2D eigenvalue weighted by Gasteiger charge is -2.06. The molecule has 2 N–H and O–H groups in total. The summed E-state index contributed by atoms with van der Waals surface area (Å²) in [7, 11) is 0. The Morgan fingerprint density at radius 3 is 2.69 bits per heavy atom. The highest BCUT2D eigenvalue weighted by Gasteiger charge is 1.98. The fraction of sp³-hybridized carbons (Fsp3) is 0.455. The molecule has 0 saturated heterocycles. The van der Waals surface area contributed by atoms with Gasteiger partial charge in [0.1, 0.15) is 0 Å². The third kappa shape index (κ3) is 5.14. The van der Waals surface area contributed by atoms with Crippen LogP contribution < -0.4 is 5.32 Å². The Hall–Kier alpha value is -0.320. The molecule has 1 rings (SSSR count). The van der Waals surface area contributed by atoms with Gasteiger partial charge in [-0.3, -0.25) is 0 Å². The standard InChI is InChI=1S/C11H15Cl2NO2/c12-10-2-1-9(7-11(10)13)8-14-3-5-16-6-4-15/h1-2,7,14-15H,3-6,8H2. The quantitative estimate of drug-likeness (QED) is 0.741. The maximum atomic E-state index is 8.48. The molecule has 0 aliphatic heterocycles. The number of hydrogen-bond donors (Lipinski definition) is 2. The maximum absolute atomic E-state index is 8.48. The lowest BCUT2D eigenvalue weighted by Crippen LogP contribution is -2.19. The number of halogens is 2. The van der Waals surface area contributed by atoms with Gasteiger partial charge in [-0.25, -0.2) is 0 Å². The summed E-state index contributed by atoms with van der Waals surface area (Å²) >= 11 is 11.7. The summed E-state index contributed by atoms with van der Waals surface area (Å²) in [4.78, 5) is 0. The van der Waals surface area contributed by atoms with Crippen molar-refractivity contribution in [3.8, 4) is 0 Å². The van der Waals surface area contributed by atoms with Crippen LogP contribution in [0.5, 0.6) is 0 Å². The van der Waals surface area contributed by atoms with Crippen molar-refractivity contribution >= 4 is 23.2 Å². The highest BCUT2D eigenvalue weighted by Crippen LogP contribution is 2.22. The lowest BCUT2D eigenvalue weighted by molar-refractivity contribution is 0.0938. The van der Waals surface area contributed by atoms with Crippen LogP contribution in [-0.4, -0.2) is 31.5 Å². The third-order valence-corrected chi connectivity index (χ3v) is 2.71. The van der Waals surface area contributed by atoms with Gasteiger partial charge >= 0.3 is 0 Å². The zero-order chi connectivity index (χ0) is 11.8. The molecule has 0 bridgehead atoms. The summed E-state index contributed by atoms with van der Waals surface area (Å²) in [5.74, 6) is 0. The summed E-state index contributed by atoms with van der Waals surface area (Å²) in [5, 5.41) is 12.8. The van der Waals surface area contributed by atoms with Gasteiger partial charge < -0.3 is 15.2 Å². The fourth-order valence-corrected chi connectivity index (χ4v) is 1.51. The molecule has 90 valence electrons. The monoisotopic (exact) mass is 263 g/mol. The zero-order valence-electron chi connectivity index (χ0n) is 8.88. The summed E-state index contributed by atoms with van der Waals surface area (Å²) in [6.45, 7) is 2.49. The first-order valence-electron chi connectivity index (χ1n) is 5.07. The molecule has 0 unspecified atom stereocenters. The number of ether oxygens (including phenoxy) is 1. The van der Waals surface area contributed by atoms with Crippen molar-refractivity contribution in [3.63, 3.8) is 0 Å². The molecule has 0 aromatic heterocycles. The van der Waals surface area contributed by atoms with Gasteiger partial charge in [0.15, 0.2) is 0 Å². The molecule has 1 aromatic carbocycles. The van der Waals surface area contributed by atoms with E-state index in [4.69, 9.17) is 33.0 Å². The Labute approximate surface area is 105 Å². The molecule has 0 amide bonds. The molecule has 0 atom stereocenters. The van der Waals surface area contributed by atoms with Gasteiger partial charge in [-0.15, -0.1) is 0 Å². The van der Waals surface area contributed by atoms with Gasteiger partial charge in [-0.2, -0.15) is 0 Å². The normalized spacial score (nSPS) is 10.7. The number of benzene rings is 1. The second-order valence-electron chi connectivity index (χ2n) is 3.26. The number of aliphatic hydroxyl groups excluding tert-OH is 1. The van der Waals surface area contributed by atoms with E-state index in [9.17, 15) is 0 Å². The molecule has 3 nitrogen and oxygen atoms in total. The average molecular weight is 264 g/mol. The van der Waals surface area contributed by atoms with Crippen LogP contribution in [0.3, 0.4) is 0 Å². The van der Waals surface area contributed by atoms with E-state index in [2.05, 4.69) is 5.32 Å². The van der Waals surface area contributed by atoms with E-state index in [-0.39, 0.29) is 6.61 Å². The summed E-state index contributed by atoms with van der Waals surface area (Å²) in [6, 6.07) is 5.55. The van der Waals surface area contributed by atoms with Crippen molar-refractivity contribution in [2.75, 3.05) is 26.4 Å². The van der Waals surface area contributed by atoms with E-state index >= 15 is 0 Å². The fourth-order valence-electron chi connectivity index (χ4n) is 1.19.